The Hall–Kier alpha value is -4.31. The smallest absolute Gasteiger partial charge is 0.294 e. The number of rotatable bonds is 6. The van der Waals surface area contributed by atoms with Crippen LogP contribution in [0.2, 0.25) is 0 Å². The monoisotopic (exact) mass is 470 g/mol. The van der Waals surface area contributed by atoms with Gasteiger partial charge in [0.1, 0.15) is 11.5 Å². The van der Waals surface area contributed by atoms with Gasteiger partial charge in [-0.2, -0.15) is 5.10 Å². The number of benzene rings is 2. The van der Waals surface area contributed by atoms with Gasteiger partial charge < -0.3 is 15.1 Å². The Kier molecular flexibility index (Phi) is 5.87. The average molecular weight is 471 g/mol. The number of aromatic nitrogens is 4. The van der Waals surface area contributed by atoms with Gasteiger partial charge in [0.25, 0.3) is 5.69 Å². The van der Waals surface area contributed by atoms with Gasteiger partial charge in [-0.15, -0.1) is 0 Å². The molecule has 1 aliphatic heterocycles. The highest BCUT2D eigenvalue weighted by Gasteiger charge is 2.25. The minimum atomic E-state index is -0.333. The van der Waals surface area contributed by atoms with Crippen LogP contribution >= 0.6 is 0 Å². The molecule has 0 bridgehead atoms. The van der Waals surface area contributed by atoms with Crippen LogP contribution in [0.25, 0.3) is 28.4 Å². The van der Waals surface area contributed by atoms with Gasteiger partial charge in [0.2, 0.25) is 0 Å². The lowest BCUT2D eigenvalue weighted by molar-refractivity contribution is -0.384. The second-order valence-corrected chi connectivity index (χ2v) is 8.61. The van der Waals surface area contributed by atoms with Crippen LogP contribution in [-0.2, 0) is 7.05 Å². The van der Waals surface area contributed by atoms with E-state index in [1.807, 2.05) is 36.0 Å². The van der Waals surface area contributed by atoms with Gasteiger partial charge in [0.15, 0.2) is 5.82 Å². The van der Waals surface area contributed by atoms with Crippen molar-refractivity contribution >= 4 is 39.9 Å². The first-order chi connectivity index (χ1) is 16.9. The number of nitrogens with one attached hydrogen (secondary N) is 1. The predicted molar refractivity (Wildman–Crippen MR) is 138 cm³/mol. The Morgan fingerprint density at radius 2 is 1.91 bits per heavy atom. The topological polar surface area (TPSA) is 105 Å². The molecule has 2 aromatic heterocycles. The van der Waals surface area contributed by atoms with Gasteiger partial charge in [-0.25, -0.2) is 9.97 Å². The minimum Gasteiger partial charge on any atom is -0.363 e. The van der Waals surface area contributed by atoms with E-state index in [-0.39, 0.29) is 10.6 Å². The lowest BCUT2D eigenvalue weighted by Gasteiger charge is -2.34. The fourth-order valence-electron chi connectivity index (χ4n) is 4.33. The molecule has 4 aromatic rings. The minimum absolute atomic E-state index is 0.0546. The summed E-state index contributed by atoms with van der Waals surface area (Å²) in [5.74, 6) is 1.08. The Balaban J connectivity index is 1.48. The molecule has 5 rings (SSSR count). The number of aryl methyl sites for hydroxylation is 1. The molecule has 10 heteroatoms. The van der Waals surface area contributed by atoms with Crippen molar-refractivity contribution in [3.63, 3.8) is 0 Å². The summed E-state index contributed by atoms with van der Waals surface area (Å²) in [6.07, 6.45) is 5.17. The van der Waals surface area contributed by atoms with E-state index in [9.17, 15) is 10.1 Å². The van der Waals surface area contributed by atoms with E-state index in [0.717, 1.165) is 48.2 Å². The summed E-state index contributed by atoms with van der Waals surface area (Å²) in [5, 5.41) is 20.5. The molecular weight excluding hydrogens is 444 g/mol. The summed E-state index contributed by atoms with van der Waals surface area (Å²) in [6, 6.07) is 11.1. The number of hydrogen-bond donors (Lipinski definition) is 1. The van der Waals surface area contributed by atoms with Crippen molar-refractivity contribution in [1.82, 2.24) is 24.6 Å². The number of nitrogens with zero attached hydrogens (tertiary/aromatic N) is 7. The van der Waals surface area contributed by atoms with E-state index < -0.39 is 0 Å². The molecule has 35 heavy (non-hydrogen) atoms. The summed E-state index contributed by atoms with van der Waals surface area (Å²) in [5.41, 5.74) is 3.87. The maximum Gasteiger partial charge on any atom is 0.294 e. The molecule has 0 unspecified atom stereocenters. The number of fused-ring (bicyclic) bond motifs is 1. The Morgan fingerprint density at radius 1 is 1.11 bits per heavy atom. The van der Waals surface area contributed by atoms with E-state index in [1.54, 1.807) is 30.6 Å². The molecule has 0 spiro atoms. The molecule has 1 saturated heterocycles. The second-order valence-electron chi connectivity index (χ2n) is 8.61. The molecule has 3 heterocycles. The largest absolute Gasteiger partial charge is 0.363 e. The Bertz CT molecular complexity index is 1420. The fraction of sp³-hybridized carbons (Fsp3) is 0.240. The van der Waals surface area contributed by atoms with Crippen molar-refractivity contribution in [2.24, 2.45) is 7.05 Å². The van der Waals surface area contributed by atoms with Crippen LogP contribution in [0.15, 0.2) is 55.4 Å². The molecule has 1 aliphatic rings. The summed E-state index contributed by atoms with van der Waals surface area (Å²) < 4.78 is 1.81. The van der Waals surface area contributed by atoms with Crippen LogP contribution in [-0.4, -0.2) is 62.8 Å². The second kappa shape index (κ2) is 9.15. The van der Waals surface area contributed by atoms with Crippen molar-refractivity contribution in [1.29, 1.82) is 0 Å². The van der Waals surface area contributed by atoms with E-state index in [4.69, 9.17) is 0 Å². The van der Waals surface area contributed by atoms with Crippen LogP contribution in [0.4, 0.5) is 22.9 Å². The summed E-state index contributed by atoms with van der Waals surface area (Å²) in [6.45, 7) is 7.10. The SMILES string of the molecule is C=Cc1cc(N2CCN(C)CC2)c([N+](=O)[O-])cc1Nc1ccnc(-c2ccc3c(cnn3C)c2)n1. The summed E-state index contributed by atoms with van der Waals surface area (Å²) in [4.78, 5) is 25.0. The zero-order valence-corrected chi connectivity index (χ0v) is 19.7. The molecule has 2 aromatic carbocycles. The molecule has 1 fully saturated rings. The van der Waals surface area contributed by atoms with E-state index in [1.165, 1.54) is 0 Å². The molecule has 0 atom stereocenters. The van der Waals surface area contributed by atoms with Gasteiger partial charge in [0, 0.05) is 56.4 Å². The zero-order chi connectivity index (χ0) is 24.5. The molecule has 1 N–H and O–H groups in total. The molecule has 0 amide bonds. The molecule has 10 nitrogen and oxygen atoms in total. The van der Waals surface area contributed by atoms with Gasteiger partial charge >= 0.3 is 0 Å². The van der Waals surface area contributed by atoms with Crippen molar-refractivity contribution in [2.45, 2.75) is 0 Å². The summed E-state index contributed by atoms with van der Waals surface area (Å²) >= 11 is 0. The maximum absolute atomic E-state index is 12.0. The maximum atomic E-state index is 12.0. The van der Waals surface area contributed by atoms with Crippen molar-refractivity contribution in [2.75, 3.05) is 43.4 Å². The normalized spacial score (nSPS) is 14.3. The average Bonchev–Trinajstić information content (AvgIpc) is 3.24. The third-order valence-electron chi connectivity index (χ3n) is 6.33. The van der Waals surface area contributed by atoms with Crippen LogP contribution < -0.4 is 10.2 Å². The van der Waals surface area contributed by atoms with Crippen LogP contribution in [0.3, 0.4) is 0 Å². The molecule has 178 valence electrons. The van der Waals surface area contributed by atoms with Crippen LogP contribution in [0, 0.1) is 10.1 Å². The van der Waals surface area contributed by atoms with Crippen LogP contribution in [0.1, 0.15) is 5.56 Å². The highest BCUT2D eigenvalue weighted by molar-refractivity contribution is 5.84. The van der Waals surface area contributed by atoms with E-state index >= 15 is 0 Å². The highest BCUT2D eigenvalue weighted by Crippen LogP contribution is 2.36. The van der Waals surface area contributed by atoms with Crippen molar-refractivity contribution in [3.8, 4) is 11.4 Å². The number of nitro benzene ring substituents is 1. The lowest BCUT2D eigenvalue weighted by atomic mass is 10.1. The van der Waals surface area contributed by atoms with Gasteiger partial charge in [-0.1, -0.05) is 12.7 Å². The third kappa shape index (κ3) is 4.43. The number of piperazine rings is 1. The fourth-order valence-corrected chi connectivity index (χ4v) is 4.33. The van der Waals surface area contributed by atoms with Crippen molar-refractivity contribution < 1.29 is 4.92 Å². The lowest BCUT2D eigenvalue weighted by Crippen LogP contribution is -2.44. The van der Waals surface area contributed by atoms with Gasteiger partial charge in [0.05, 0.1) is 22.3 Å². The predicted octanol–water partition coefficient (Wildman–Crippen LogP) is 4.08. The zero-order valence-electron chi connectivity index (χ0n) is 19.7. The molecular formula is C25H26N8O2. The Labute approximate surface area is 202 Å². The number of anilines is 3. The molecule has 0 radical (unpaired) electrons. The van der Waals surface area contributed by atoms with E-state index in [2.05, 4.69) is 43.8 Å². The third-order valence-corrected chi connectivity index (χ3v) is 6.33. The standard InChI is InChI=1S/C25H26N8O2/c1-4-17-14-22(32-11-9-30(2)10-12-32)23(33(34)35)15-20(17)28-24-7-8-26-25(29-24)18-5-6-21-19(13-18)16-27-31(21)3/h4-8,13-16H,1,9-12H2,2-3H3,(H,26,28,29). The Morgan fingerprint density at radius 3 is 2.66 bits per heavy atom. The molecule has 0 aliphatic carbocycles. The molecule has 0 saturated carbocycles. The van der Waals surface area contributed by atoms with Crippen LogP contribution in [0.5, 0.6) is 0 Å². The number of hydrogen-bond acceptors (Lipinski definition) is 8. The first kappa shape index (κ1) is 22.5. The van der Waals surface area contributed by atoms with E-state index in [0.29, 0.717) is 23.0 Å². The first-order valence-corrected chi connectivity index (χ1v) is 11.3. The quantitative estimate of drug-likeness (QED) is 0.332. The van der Waals surface area contributed by atoms with Gasteiger partial charge in [-0.05, 0) is 42.9 Å². The van der Waals surface area contributed by atoms with Crippen molar-refractivity contribution in [3.05, 3.63) is 71.0 Å². The van der Waals surface area contributed by atoms with Gasteiger partial charge in [-0.3, -0.25) is 14.8 Å². The number of nitro groups is 1. The first-order valence-electron chi connectivity index (χ1n) is 11.3. The summed E-state index contributed by atoms with van der Waals surface area (Å²) in [7, 11) is 3.95. The highest BCUT2D eigenvalue weighted by atomic mass is 16.6. The number of likely N-dealkylation sites (N-methyl/N-ethyl adjacent to an activating group) is 1.